The molecule has 0 aliphatic carbocycles. The molecule has 1 aliphatic rings. The molecule has 8 heteroatoms. The molecule has 0 unspecified atom stereocenters. The van der Waals surface area contributed by atoms with Crippen LogP contribution < -0.4 is 10.6 Å². The van der Waals surface area contributed by atoms with Crippen molar-refractivity contribution >= 4 is 23.5 Å². The van der Waals surface area contributed by atoms with Crippen LogP contribution >= 0.6 is 0 Å². The summed E-state index contributed by atoms with van der Waals surface area (Å²) in [5.74, 6) is -0.646. The average molecular weight is 458 g/mol. The molecule has 4 rings (SSSR count). The summed E-state index contributed by atoms with van der Waals surface area (Å²) in [6, 6.07) is 14.6. The smallest absolute Gasteiger partial charge is 0.273 e. The molecule has 2 aromatic carbocycles. The highest BCUT2D eigenvalue weighted by Gasteiger charge is 2.26. The lowest BCUT2D eigenvalue weighted by Crippen LogP contribution is -2.46. The Hall–Kier alpha value is -4.07. The van der Waals surface area contributed by atoms with Gasteiger partial charge in [0.25, 0.3) is 17.7 Å². The van der Waals surface area contributed by atoms with Crippen LogP contribution in [0.25, 0.3) is 0 Å². The Kier molecular flexibility index (Phi) is 6.96. The van der Waals surface area contributed by atoms with Gasteiger partial charge in [-0.2, -0.15) is 0 Å². The third-order valence-electron chi connectivity index (χ3n) is 5.95. The number of rotatable bonds is 5. The molecule has 0 saturated carbocycles. The van der Waals surface area contributed by atoms with E-state index in [-0.39, 0.29) is 29.4 Å². The van der Waals surface area contributed by atoms with Crippen molar-refractivity contribution in [3.8, 4) is 0 Å². The Bertz CT molecular complexity index is 1200. The number of piperidine rings is 1. The monoisotopic (exact) mass is 457 g/mol. The molecule has 0 spiro atoms. The number of hydrogen-bond acceptors (Lipinski definition) is 5. The summed E-state index contributed by atoms with van der Waals surface area (Å²) in [7, 11) is 0. The largest absolute Gasteiger partial charge is 0.348 e. The van der Waals surface area contributed by atoms with Crippen LogP contribution in [-0.4, -0.2) is 51.7 Å². The Labute approximate surface area is 198 Å². The normalized spacial score (nSPS) is 13.9. The number of nitrogens with zero attached hydrogens (tertiary/aromatic N) is 3. The van der Waals surface area contributed by atoms with E-state index >= 15 is 0 Å². The van der Waals surface area contributed by atoms with Gasteiger partial charge in [0.2, 0.25) is 0 Å². The van der Waals surface area contributed by atoms with Crippen molar-refractivity contribution < 1.29 is 14.4 Å². The van der Waals surface area contributed by atoms with Gasteiger partial charge in [-0.05, 0) is 50.5 Å². The fourth-order valence-corrected chi connectivity index (χ4v) is 3.96. The Morgan fingerprint density at radius 1 is 0.882 bits per heavy atom. The molecule has 34 heavy (non-hydrogen) atoms. The summed E-state index contributed by atoms with van der Waals surface area (Å²) in [5.41, 5.74) is 3.16. The van der Waals surface area contributed by atoms with Crippen molar-refractivity contribution in [2.24, 2.45) is 0 Å². The Morgan fingerprint density at radius 2 is 1.56 bits per heavy atom. The molecule has 0 bridgehead atoms. The highest BCUT2D eigenvalue weighted by molar-refractivity contribution is 6.08. The number of benzene rings is 2. The number of nitrogens with one attached hydrogen (secondary N) is 2. The second-order valence-electron chi connectivity index (χ2n) is 8.43. The van der Waals surface area contributed by atoms with Gasteiger partial charge < -0.3 is 15.5 Å². The van der Waals surface area contributed by atoms with Gasteiger partial charge in [-0.1, -0.05) is 35.9 Å². The molecule has 8 nitrogen and oxygen atoms in total. The van der Waals surface area contributed by atoms with E-state index in [1.165, 1.54) is 12.4 Å². The van der Waals surface area contributed by atoms with Crippen molar-refractivity contribution in [1.82, 2.24) is 20.2 Å². The van der Waals surface area contributed by atoms with Crippen LogP contribution in [0.5, 0.6) is 0 Å². The molecule has 1 fully saturated rings. The molecule has 3 amide bonds. The first-order chi connectivity index (χ1) is 16.4. The molecule has 1 saturated heterocycles. The van der Waals surface area contributed by atoms with E-state index in [4.69, 9.17) is 0 Å². The number of carbonyl (C=O) groups is 3. The Balaban J connectivity index is 1.37. The van der Waals surface area contributed by atoms with E-state index in [0.717, 1.165) is 11.1 Å². The minimum atomic E-state index is -0.406. The van der Waals surface area contributed by atoms with Crippen LogP contribution in [-0.2, 0) is 0 Å². The fraction of sp³-hybridized carbons (Fsp3) is 0.269. The molecule has 2 heterocycles. The van der Waals surface area contributed by atoms with Crippen LogP contribution in [0.2, 0.25) is 0 Å². The SMILES string of the molecule is Cc1ccc(C(=O)N2CCC(NC(=O)c3nccnc3NC(=O)c3ccccc3C)CC2)cc1. The third kappa shape index (κ3) is 5.28. The van der Waals surface area contributed by atoms with Crippen LogP contribution in [0.4, 0.5) is 5.82 Å². The maximum absolute atomic E-state index is 12.9. The lowest BCUT2D eigenvalue weighted by atomic mass is 10.0. The van der Waals surface area contributed by atoms with Crippen molar-refractivity contribution in [2.75, 3.05) is 18.4 Å². The van der Waals surface area contributed by atoms with Crippen LogP contribution in [0, 0.1) is 13.8 Å². The zero-order valence-electron chi connectivity index (χ0n) is 19.2. The van der Waals surface area contributed by atoms with Gasteiger partial charge in [0.05, 0.1) is 0 Å². The maximum atomic E-state index is 12.9. The zero-order valence-corrected chi connectivity index (χ0v) is 19.2. The lowest BCUT2D eigenvalue weighted by molar-refractivity contribution is 0.0697. The van der Waals surface area contributed by atoms with Gasteiger partial charge in [-0.25, -0.2) is 9.97 Å². The summed E-state index contributed by atoms with van der Waals surface area (Å²) in [6.07, 6.45) is 4.11. The van der Waals surface area contributed by atoms with Crippen molar-refractivity contribution in [3.05, 3.63) is 88.9 Å². The second-order valence-corrected chi connectivity index (χ2v) is 8.43. The molecule has 0 radical (unpaired) electrons. The summed E-state index contributed by atoms with van der Waals surface area (Å²) in [6.45, 7) is 4.93. The number of anilines is 1. The molecule has 0 atom stereocenters. The first-order valence-electron chi connectivity index (χ1n) is 11.3. The summed E-state index contributed by atoms with van der Waals surface area (Å²) in [4.78, 5) is 48.5. The molecule has 174 valence electrons. The number of likely N-dealkylation sites (tertiary alicyclic amines) is 1. The van der Waals surface area contributed by atoms with E-state index in [9.17, 15) is 14.4 Å². The number of hydrogen-bond donors (Lipinski definition) is 2. The molecular weight excluding hydrogens is 430 g/mol. The first-order valence-corrected chi connectivity index (χ1v) is 11.3. The minimum Gasteiger partial charge on any atom is -0.348 e. The van der Waals surface area contributed by atoms with Gasteiger partial charge in [-0.3, -0.25) is 14.4 Å². The van der Waals surface area contributed by atoms with Gasteiger partial charge in [0, 0.05) is 42.7 Å². The second kappa shape index (κ2) is 10.2. The van der Waals surface area contributed by atoms with Gasteiger partial charge in [0.15, 0.2) is 11.5 Å². The van der Waals surface area contributed by atoms with E-state index in [1.54, 1.807) is 12.1 Å². The molecule has 1 aromatic heterocycles. The minimum absolute atomic E-state index is 0.0000864. The van der Waals surface area contributed by atoms with E-state index in [1.807, 2.05) is 55.1 Å². The molecular formula is C26H27N5O3. The summed E-state index contributed by atoms with van der Waals surface area (Å²) in [5, 5.41) is 5.68. The van der Waals surface area contributed by atoms with Crippen LogP contribution in [0.15, 0.2) is 60.9 Å². The summed E-state index contributed by atoms with van der Waals surface area (Å²) < 4.78 is 0. The van der Waals surface area contributed by atoms with Crippen molar-refractivity contribution in [2.45, 2.75) is 32.7 Å². The molecule has 3 aromatic rings. The maximum Gasteiger partial charge on any atom is 0.273 e. The van der Waals surface area contributed by atoms with Crippen molar-refractivity contribution in [1.29, 1.82) is 0 Å². The van der Waals surface area contributed by atoms with E-state index in [2.05, 4.69) is 20.6 Å². The Morgan fingerprint density at radius 3 is 2.26 bits per heavy atom. The van der Waals surface area contributed by atoms with Gasteiger partial charge in [-0.15, -0.1) is 0 Å². The van der Waals surface area contributed by atoms with Gasteiger partial charge >= 0.3 is 0 Å². The zero-order chi connectivity index (χ0) is 24.1. The van der Waals surface area contributed by atoms with Crippen LogP contribution in [0.3, 0.4) is 0 Å². The van der Waals surface area contributed by atoms with Crippen LogP contribution in [0.1, 0.15) is 55.2 Å². The number of aryl methyl sites for hydroxylation is 2. The summed E-state index contributed by atoms with van der Waals surface area (Å²) >= 11 is 0. The average Bonchev–Trinajstić information content (AvgIpc) is 2.85. The third-order valence-corrected chi connectivity index (χ3v) is 5.95. The number of aromatic nitrogens is 2. The van der Waals surface area contributed by atoms with Crippen molar-refractivity contribution in [3.63, 3.8) is 0 Å². The molecule has 1 aliphatic heterocycles. The number of amides is 3. The predicted molar refractivity (Wildman–Crippen MR) is 129 cm³/mol. The lowest BCUT2D eigenvalue weighted by Gasteiger charge is -2.32. The number of carbonyl (C=O) groups excluding carboxylic acids is 3. The fourth-order valence-electron chi connectivity index (χ4n) is 3.96. The van der Waals surface area contributed by atoms with E-state index < -0.39 is 5.91 Å². The predicted octanol–water partition coefficient (Wildman–Crippen LogP) is 3.38. The quantitative estimate of drug-likeness (QED) is 0.611. The van der Waals surface area contributed by atoms with E-state index in [0.29, 0.717) is 37.1 Å². The molecule has 2 N–H and O–H groups in total. The highest BCUT2D eigenvalue weighted by atomic mass is 16.2. The first kappa shape index (κ1) is 23.1. The highest BCUT2D eigenvalue weighted by Crippen LogP contribution is 2.17. The topological polar surface area (TPSA) is 104 Å². The van der Waals surface area contributed by atoms with Gasteiger partial charge in [0.1, 0.15) is 0 Å². The standard InChI is InChI=1S/C26H27N5O3/c1-17-7-9-19(10-8-17)26(34)31-15-11-20(12-16-31)29-25(33)22-23(28-14-13-27-22)30-24(32)21-6-4-3-5-18(21)2/h3-10,13-14,20H,11-12,15-16H2,1-2H3,(H,29,33)(H,28,30,32).